The van der Waals surface area contributed by atoms with Crippen LogP contribution in [0.4, 0.5) is 0 Å². The summed E-state index contributed by atoms with van der Waals surface area (Å²) in [6.45, 7) is 1.89. The normalized spacial score (nSPS) is 17.7. The number of ether oxygens (including phenoxy) is 1. The van der Waals surface area contributed by atoms with E-state index >= 15 is 0 Å². The third-order valence-electron chi connectivity index (χ3n) is 3.76. The first-order valence-electron chi connectivity index (χ1n) is 6.91. The molecule has 0 aromatic heterocycles. The van der Waals surface area contributed by atoms with Gasteiger partial charge in [-0.15, -0.1) is 0 Å². The quantitative estimate of drug-likeness (QED) is 0.905. The molecule has 4 nitrogen and oxygen atoms in total. The standard InChI is InChI=1S/C15H20ClNO3/c1-20-14-6-5-11(9-12(14)16)13(10-15(18)19)17-7-3-2-4-8-17/h5-6,9,13H,2-4,7-8,10H2,1H3,(H,18,19). The molecule has 1 aliphatic rings. The molecule has 0 saturated carbocycles. The lowest BCUT2D eigenvalue weighted by atomic mass is 9.99. The number of hydrogen-bond donors (Lipinski definition) is 1. The third kappa shape index (κ3) is 3.64. The van der Waals surface area contributed by atoms with Crippen molar-refractivity contribution in [3.8, 4) is 5.75 Å². The first kappa shape index (κ1) is 15.1. The minimum Gasteiger partial charge on any atom is -0.495 e. The summed E-state index contributed by atoms with van der Waals surface area (Å²) in [6.07, 6.45) is 3.57. The number of carbonyl (C=O) groups is 1. The number of piperidine rings is 1. The van der Waals surface area contributed by atoms with Gasteiger partial charge in [0.2, 0.25) is 0 Å². The highest BCUT2D eigenvalue weighted by molar-refractivity contribution is 6.32. The van der Waals surface area contributed by atoms with E-state index in [0.29, 0.717) is 10.8 Å². The van der Waals surface area contributed by atoms with Crippen LogP contribution in [0.1, 0.15) is 37.3 Å². The Morgan fingerprint density at radius 3 is 2.65 bits per heavy atom. The predicted molar refractivity (Wildman–Crippen MR) is 78.4 cm³/mol. The maximum absolute atomic E-state index is 11.1. The lowest BCUT2D eigenvalue weighted by molar-refractivity contribution is -0.138. The number of methoxy groups -OCH3 is 1. The van der Waals surface area contributed by atoms with E-state index in [0.717, 1.165) is 31.5 Å². The zero-order valence-corrected chi connectivity index (χ0v) is 12.4. The molecule has 1 N–H and O–H groups in total. The molecule has 2 rings (SSSR count). The van der Waals surface area contributed by atoms with Gasteiger partial charge in [0.1, 0.15) is 5.75 Å². The topological polar surface area (TPSA) is 49.8 Å². The van der Waals surface area contributed by atoms with E-state index in [4.69, 9.17) is 21.4 Å². The van der Waals surface area contributed by atoms with Gasteiger partial charge in [0, 0.05) is 6.04 Å². The molecular weight excluding hydrogens is 278 g/mol. The number of hydrogen-bond acceptors (Lipinski definition) is 3. The van der Waals surface area contributed by atoms with Crippen molar-refractivity contribution in [3.63, 3.8) is 0 Å². The summed E-state index contributed by atoms with van der Waals surface area (Å²) in [5.41, 5.74) is 0.945. The second-order valence-electron chi connectivity index (χ2n) is 5.10. The molecule has 1 heterocycles. The van der Waals surface area contributed by atoms with Gasteiger partial charge in [-0.2, -0.15) is 0 Å². The van der Waals surface area contributed by atoms with Crippen LogP contribution in [-0.2, 0) is 4.79 Å². The summed E-state index contributed by atoms with van der Waals surface area (Å²) >= 11 is 6.16. The monoisotopic (exact) mass is 297 g/mol. The van der Waals surface area contributed by atoms with E-state index in [2.05, 4.69) is 4.90 Å². The molecule has 1 saturated heterocycles. The molecule has 0 aliphatic carbocycles. The van der Waals surface area contributed by atoms with Crippen LogP contribution in [0.15, 0.2) is 18.2 Å². The molecule has 0 bridgehead atoms. The largest absolute Gasteiger partial charge is 0.495 e. The molecule has 110 valence electrons. The number of rotatable bonds is 5. The van der Waals surface area contributed by atoms with Gasteiger partial charge < -0.3 is 9.84 Å². The van der Waals surface area contributed by atoms with Crippen LogP contribution in [0.5, 0.6) is 5.75 Å². The van der Waals surface area contributed by atoms with Crippen molar-refractivity contribution in [3.05, 3.63) is 28.8 Å². The lowest BCUT2D eigenvalue weighted by Gasteiger charge is -2.34. The predicted octanol–water partition coefficient (Wildman–Crippen LogP) is 3.35. The first-order chi connectivity index (χ1) is 9.61. The molecule has 1 atom stereocenters. The van der Waals surface area contributed by atoms with Gasteiger partial charge >= 0.3 is 5.97 Å². The van der Waals surface area contributed by atoms with Crippen LogP contribution in [0.2, 0.25) is 5.02 Å². The van der Waals surface area contributed by atoms with Crippen LogP contribution in [0.25, 0.3) is 0 Å². The molecule has 1 fully saturated rings. The number of carboxylic acids is 1. The van der Waals surface area contributed by atoms with Crippen molar-refractivity contribution in [2.24, 2.45) is 0 Å². The summed E-state index contributed by atoms with van der Waals surface area (Å²) < 4.78 is 5.14. The van der Waals surface area contributed by atoms with E-state index in [-0.39, 0.29) is 12.5 Å². The zero-order valence-electron chi connectivity index (χ0n) is 11.6. The molecule has 0 radical (unpaired) electrons. The summed E-state index contributed by atoms with van der Waals surface area (Å²) in [5, 5.41) is 9.69. The highest BCUT2D eigenvalue weighted by Gasteiger charge is 2.25. The van der Waals surface area contributed by atoms with Gasteiger partial charge in [-0.1, -0.05) is 24.1 Å². The maximum atomic E-state index is 11.1. The first-order valence-corrected chi connectivity index (χ1v) is 7.29. The minimum absolute atomic E-state index is 0.0999. The minimum atomic E-state index is -0.785. The Labute approximate surface area is 124 Å². The number of halogens is 1. The summed E-state index contributed by atoms with van der Waals surface area (Å²) in [7, 11) is 1.57. The van der Waals surface area contributed by atoms with E-state index in [1.807, 2.05) is 12.1 Å². The summed E-state index contributed by atoms with van der Waals surface area (Å²) in [5.74, 6) is -0.171. The van der Waals surface area contributed by atoms with Crippen molar-refractivity contribution in [1.29, 1.82) is 0 Å². The lowest BCUT2D eigenvalue weighted by Crippen LogP contribution is -2.35. The number of nitrogens with zero attached hydrogens (tertiary/aromatic N) is 1. The smallest absolute Gasteiger partial charge is 0.305 e. The molecule has 1 unspecified atom stereocenters. The average Bonchev–Trinajstić information content (AvgIpc) is 2.45. The molecule has 1 aromatic carbocycles. The van der Waals surface area contributed by atoms with E-state index in [1.54, 1.807) is 13.2 Å². The molecule has 20 heavy (non-hydrogen) atoms. The van der Waals surface area contributed by atoms with E-state index in [1.165, 1.54) is 6.42 Å². The van der Waals surface area contributed by atoms with Crippen molar-refractivity contribution in [2.45, 2.75) is 31.7 Å². The van der Waals surface area contributed by atoms with Gasteiger partial charge in [-0.05, 0) is 43.6 Å². The van der Waals surface area contributed by atoms with Gasteiger partial charge in [0.25, 0.3) is 0 Å². The summed E-state index contributed by atoms with van der Waals surface area (Å²) in [4.78, 5) is 13.4. The summed E-state index contributed by atoms with van der Waals surface area (Å²) in [6, 6.07) is 5.42. The van der Waals surface area contributed by atoms with Crippen LogP contribution >= 0.6 is 11.6 Å². The Balaban J connectivity index is 2.25. The van der Waals surface area contributed by atoms with Crippen molar-refractivity contribution in [2.75, 3.05) is 20.2 Å². The number of carboxylic acid groups (broad SMARTS) is 1. The van der Waals surface area contributed by atoms with Crippen molar-refractivity contribution in [1.82, 2.24) is 4.90 Å². The van der Waals surface area contributed by atoms with Crippen LogP contribution in [0, 0.1) is 0 Å². The van der Waals surface area contributed by atoms with E-state index < -0.39 is 5.97 Å². The van der Waals surface area contributed by atoms with Gasteiger partial charge in [0.15, 0.2) is 0 Å². The SMILES string of the molecule is COc1ccc(C(CC(=O)O)N2CCCCC2)cc1Cl. The second-order valence-corrected chi connectivity index (χ2v) is 5.51. The number of benzene rings is 1. The van der Waals surface area contributed by atoms with Crippen molar-refractivity contribution < 1.29 is 14.6 Å². The molecule has 0 amide bonds. The Morgan fingerprint density at radius 1 is 1.40 bits per heavy atom. The van der Waals surface area contributed by atoms with E-state index in [9.17, 15) is 4.79 Å². The number of likely N-dealkylation sites (tertiary alicyclic amines) is 1. The Morgan fingerprint density at radius 2 is 2.10 bits per heavy atom. The fraction of sp³-hybridized carbons (Fsp3) is 0.533. The van der Waals surface area contributed by atoms with Gasteiger partial charge in [-0.25, -0.2) is 0 Å². The fourth-order valence-corrected chi connectivity index (χ4v) is 3.01. The molecule has 5 heteroatoms. The van der Waals surface area contributed by atoms with Gasteiger partial charge in [-0.3, -0.25) is 9.69 Å². The maximum Gasteiger partial charge on any atom is 0.305 e. The van der Waals surface area contributed by atoms with Gasteiger partial charge in [0.05, 0.1) is 18.6 Å². The molecular formula is C15H20ClNO3. The highest BCUT2D eigenvalue weighted by Crippen LogP contribution is 2.32. The van der Waals surface area contributed by atoms with Crippen LogP contribution < -0.4 is 4.74 Å². The molecule has 1 aliphatic heterocycles. The highest BCUT2D eigenvalue weighted by atomic mass is 35.5. The third-order valence-corrected chi connectivity index (χ3v) is 4.06. The molecule has 1 aromatic rings. The second kappa shape index (κ2) is 6.95. The Bertz CT molecular complexity index is 472. The van der Waals surface area contributed by atoms with Crippen molar-refractivity contribution >= 4 is 17.6 Å². The van der Waals surface area contributed by atoms with Crippen LogP contribution in [-0.4, -0.2) is 36.2 Å². The fourth-order valence-electron chi connectivity index (χ4n) is 2.74. The Hall–Kier alpha value is -1.26. The average molecular weight is 298 g/mol. The molecule has 0 spiro atoms. The van der Waals surface area contributed by atoms with Crippen LogP contribution in [0.3, 0.4) is 0 Å². The number of aliphatic carboxylic acids is 1. The Kier molecular flexibility index (Phi) is 5.26. The zero-order chi connectivity index (χ0) is 14.5.